The van der Waals surface area contributed by atoms with E-state index in [0.717, 1.165) is 26.8 Å². The van der Waals surface area contributed by atoms with Crippen molar-refractivity contribution in [2.75, 3.05) is 7.11 Å². The molecule has 0 saturated heterocycles. The van der Waals surface area contributed by atoms with Crippen molar-refractivity contribution in [1.82, 2.24) is 9.78 Å². The zero-order chi connectivity index (χ0) is 20.3. The van der Waals surface area contributed by atoms with Crippen LogP contribution in [-0.2, 0) is 13.0 Å². The Balaban J connectivity index is 2.06. The number of nitrogens with zero attached hydrogens (tertiary/aromatic N) is 2. The van der Waals surface area contributed by atoms with Crippen LogP contribution >= 0.6 is 35.0 Å². The minimum Gasteiger partial charge on any atom is -0.497 e. The predicted molar refractivity (Wildman–Crippen MR) is 115 cm³/mol. The maximum absolute atomic E-state index is 9.92. The number of methoxy groups -OCH3 is 1. The Kier molecular flexibility index (Phi) is 6.94. The summed E-state index contributed by atoms with van der Waals surface area (Å²) in [7, 11) is 1.65. The molecule has 0 unspecified atom stereocenters. The SMILES string of the molecule is COc1cccc(Cc2c(CO)nn(C(C)C)c2Sc2cc(Cl)cc(Cl)c2)c1. The highest BCUT2D eigenvalue weighted by molar-refractivity contribution is 7.99. The van der Waals surface area contributed by atoms with Gasteiger partial charge in [-0.1, -0.05) is 47.1 Å². The molecule has 0 bridgehead atoms. The summed E-state index contributed by atoms with van der Waals surface area (Å²) in [5, 5.41) is 16.7. The van der Waals surface area contributed by atoms with Crippen LogP contribution in [0.2, 0.25) is 10.0 Å². The standard InChI is InChI=1S/C21H22Cl2N2O2S/c1-13(2)25-21(28-18-10-15(22)9-16(23)11-18)19(20(12-26)24-25)8-14-5-4-6-17(7-14)27-3/h4-7,9-11,13,26H,8,12H2,1-3H3. The highest BCUT2D eigenvalue weighted by Crippen LogP contribution is 2.37. The van der Waals surface area contributed by atoms with Crippen LogP contribution in [0.3, 0.4) is 0 Å². The fourth-order valence-electron chi connectivity index (χ4n) is 2.95. The van der Waals surface area contributed by atoms with Gasteiger partial charge < -0.3 is 9.84 Å². The molecule has 0 aliphatic carbocycles. The molecule has 1 heterocycles. The summed E-state index contributed by atoms with van der Waals surface area (Å²) in [5.74, 6) is 0.801. The van der Waals surface area contributed by atoms with Gasteiger partial charge in [-0.25, -0.2) is 0 Å². The van der Waals surface area contributed by atoms with Crippen LogP contribution in [0.25, 0.3) is 0 Å². The van der Waals surface area contributed by atoms with Gasteiger partial charge >= 0.3 is 0 Å². The Morgan fingerprint density at radius 3 is 2.46 bits per heavy atom. The number of hydrogen-bond donors (Lipinski definition) is 1. The van der Waals surface area contributed by atoms with Crippen molar-refractivity contribution in [1.29, 1.82) is 0 Å². The predicted octanol–water partition coefficient (Wildman–Crippen LogP) is 6.01. The molecule has 1 aromatic heterocycles. The first kappa shape index (κ1) is 21.1. The fourth-order valence-corrected chi connectivity index (χ4v) is 4.86. The monoisotopic (exact) mass is 436 g/mol. The van der Waals surface area contributed by atoms with Crippen LogP contribution in [0.4, 0.5) is 0 Å². The van der Waals surface area contributed by atoms with Gasteiger partial charge in [-0.15, -0.1) is 0 Å². The van der Waals surface area contributed by atoms with Crippen LogP contribution in [0, 0.1) is 0 Å². The molecule has 28 heavy (non-hydrogen) atoms. The molecule has 1 N–H and O–H groups in total. The van der Waals surface area contributed by atoms with Crippen LogP contribution in [-0.4, -0.2) is 22.0 Å². The van der Waals surface area contributed by atoms with E-state index in [1.54, 1.807) is 24.9 Å². The number of aromatic nitrogens is 2. The highest BCUT2D eigenvalue weighted by Gasteiger charge is 2.21. The average Bonchev–Trinajstić information content (AvgIpc) is 2.98. The highest BCUT2D eigenvalue weighted by atomic mass is 35.5. The van der Waals surface area contributed by atoms with Crippen molar-refractivity contribution >= 4 is 35.0 Å². The third-order valence-electron chi connectivity index (χ3n) is 4.25. The van der Waals surface area contributed by atoms with Gasteiger partial charge in [0.15, 0.2) is 0 Å². The molecule has 3 rings (SSSR count). The van der Waals surface area contributed by atoms with E-state index in [2.05, 4.69) is 18.9 Å². The van der Waals surface area contributed by atoms with Gasteiger partial charge in [-0.2, -0.15) is 5.10 Å². The van der Waals surface area contributed by atoms with Gasteiger partial charge in [0.25, 0.3) is 0 Å². The van der Waals surface area contributed by atoms with Gasteiger partial charge in [0, 0.05) is 33.0 Å². The molecule has 7 heteroatoms. The quantitative estimate of drug-likeness (QED) is 0.492. The molecule has 148 valence electrons. The molecule has 0 fully saturated rings. The van der Waals surface area contributed by atoms with Crippen molar-refractivity contribution in [2.24, 2.45) is 0 Å². The van der Waals surface area contributed by atoms with Gasteiger partial charge in [-0.05, 0) is 49.7 Å². The maximum Gasteiger partial charge on any atom is 0.119 e. The first-order valence-electron chi connectivity index (χ1n) is 8.89. The molecule has 0 spiro atoms. The van der Waals surface area contributed by atoms with E-state index in [0.29, 0.717) is 22.2 Å². The number of hydrogen-bond acceptors (Lipinski definition) is 4. The summed E-state index contributed by atoms with van der Waals surface area (Å²) in [6.07, 6.45) is 0.635. The van der Waals surface area contributed by atoms with Crippen molar-refractivity contribution in [3.63, 3.8) is 0 Å². The topological polar surface area (TPSA) is 47.3 Å². The Morgan fingerprint density at radius 1 is 1.14 bits per heavy atom. The normalized spacial score (nSPS) is 11.2. The molecule has 4 nitrogen and oxygen atoms in total. The summed E-state index contributed by atoms with van der Waals surface area (Å²) < 4.78 is 7.29. The molecule has 0 amide bonds. The molecule has 0 aliphatic heterocycles. The summed E-state index contributed by atoms with van der Waals surface area (Å²) in [4.78, 5) is 0.927. The minimum atomic E-state index is -0.122. The lowest BCUT2D eigenvalue weighted by Gasteiger charge is -2.13. The van der Waals surface area contributed by atoms with Gasteiger partial charge in [0.2, 0.25) is 0 Å². The summed E-state index contributed by atoms with van der Waals surface area (Å²) in [6, 6.07) is 13.5. The molecule has 3 aromatic rings. The Hall–Kier alpha value is -1.66. The summed E-state index contributed by atoms with van der Waals surface area (Å²) in [6.45, 7) is 4.01. The van der Waals surface area contributed by atoms with Crippen LogP contribution in [0.5, 0.6) is 5.75 Å². The second kappa shape index (κ2) is 9.23. The average molecular weight is 437 g/mol. The van der Waals surface area contributed by atoms with Gasteiger partial charge in [0.1, 0.15) is 10.8 Å². The van der Waals surface area contributed by atoms with E-state index in [1.165, 1.54) is 0 Å². The largest absolute Gasteiger partial charge is 0.497 e. The van der Waals surface area contributed by atoms with Crippen molar-refractivity contribution in [3.05, 3.63) is 69.3 Å². The zero-order valence-electron chi connectivity index (χ0n) is 15.9. The Labute approximate surface area is 179 Å². The maximum atomic E-state index is 9.92. The molecular formula is C21H22Cl2N2O2S. The lowest BCUT2D eigenvalue weighted by atomic mass is 10.1. The molecular weight excluding hydrogens is 415 g/mol. The molecule has 2 aromatic carbocycles. The minimum absolute atomic E-state index is 0.122. The van der Waals surface area contributed by atoms with E-state index in [1.807, 2.05) is 41.1 Å². The summed E-state index contributed by atoms with van der Waals surface area (Å²) in [5.41, 5.74) is 2.75. The van der Waals surface area contributed by atoms with E-state index in [4.69, 9.17) is 27.9 Å². The number of rotatable bonds is 7. The van der Waals surface area contributed by atoms with E-state index in [9.17, 15) is 5.11 Å². The van der Waals surface area contributed by atoms with Crippen molar-refractivity contribution in [2.45, 2.75) is 42.8 Å². The van der Waals surface area contributed by atoms with E-state index < -0.39 is 0 Å². The first-order valence-corrected chi connectivity index (χ1v) is 10.5. The molecule has 0 saturated carbocycles. The smallest absolute Gasteiger partial charge is 0.119 e. The second-order valence-electron chi connectivity index (χ2n) is 6.66. The van der Waals surface area contributed by atoms with Crippen LogP contribution < -0.4 is 4.74 Å². The second-order valence-corrected chi connectivity index (χ2v) is 8.60. The fraction of sp³-hybridized carbons (Fsp3) is 0.286. The third-order valence-corrected chi connectivity index (χ3v) is 5.78. The van der Waals surface area contributed by atoms with Crippen LogP contribution in [0.15, 0.2) is 52.4 Å². The summed E-state index contributed by atoms with van der Waals surface area (Å²) >= 11 is 13.9. The van der Waals surface area contributed by atoms with Crippen molar-refractivity contribution < 1.29 is 9.84 Å². The van der Waals surface area contributed by atoms with Crippen LogP contribution in [0.1, 0.15) is 36.7 Å². The number of benzene rings is 2. The van der Waals surface area contributed by atoms with E-state index >= 15 is 0 Å². The van der Waals surface area contributed by atoms with Crippen molar-refractivity contribution in [3.8, 4) is 5.75 Å². The lowest BCUT2D eigenvalue weighted by molar-refractivity contribution is 0.273. The third kappa shape index (κ3) is 4.84. The Morgan fingerprint density at radius 2 is 1.86 bits per heavy atom. The van der Waals surface area contributed by atoms with E-state index in [-0.39, 0.29) is 12.6 Å². The number of ether oxygens (including phenoxy) is 1. The zero-order valence-corrected chi connectivity index (χ0v) is 18.3. The lowest BCUT2D eigenvalue weighted by Crippen LogP contribution is -2.05. The molecule has 0 radical (unpaired) electrons. The molecule has 0 aliphatic rings. The number of aliphatic hydroxyl groups is 1. The number of aliphatic hydroxyl groups excluding tert-OH is 1. The van der Waals surface area contributed by atoms with Gasteiger partial charge in [-0.3, -0.25) is 4.68 Å². The number of halogens is 2. The first-order chi connectivity index (χ1) is 13.4. The molecule has 0 atom stereocenters. The Bertz CT molecular complexity index is 953. The van der Waals surface area contributed by atoms with Gasteiger partial charge in [0.05, 0.1) is 19.4 Å².